The van der Waals surface area contributed by atoms with Crippen molar-refractivity contribution in [3.05, 3.63) is 52.3 Å². The molecule has 2 aromatic carbocycles. The summed E-state index contributed by atoms with van der Waals surface area (Å²) in [6.07, 6.45) is 0. The number of nitrogens with one attached hydrogen (secondary N) is 1. The maximum absolute atomic E-state index is 12.9. The molecule has 0 aliphatic heterocycles. The van der Waals surface area contributed by atoms with E-state index in [0.29, 0.717) is 21.4 Å². The lowest BCUT2D eigenvalue weighted by Crippen LogP contribution is -2.14. The molecule has 0 fully saturated rings. The minimum Gasteiger partial charge on any atom is -0.399 e. The molecule has 0 radical (unpaired) electrons. The van der Waals surface area contributed by atoms with Gasteiger partial charge in [0.15, 0.2) is 0 Å². The van der Waals surface area contributed by atoms with Crippen molar-refractivity contribution >= 4 is 38.9 Å². The van der Waals surface area contributed by atoms with E-state index < -0.39 is 5.82 Å². The molecule has 6 heteroatoms. The van der Waals surface area contributed by atoms with E-state index in [-0.39, 0.29) is 11.6 Å². The Morgan fingerprint density at radius 2 is 1.89 bits per heavy atom. The highest BCUT2D eigenvalue weighted by molar-refractivity contribution is 9.10. The predicted molar refractivity (Wildman–Crippen MR) is 77.3 cm³/mol. The van der Waals surface area contributed by atoms with E-state index in [2.05, 4.69) is 21.2 Å². The maximum atomic E-state index is 12.9. The van der Waals surface area contributed by atoms with Crippen LogP contribution < -0.4 is 16.8 Å². The smallest absolute Gasteiger partial charge is 0.257 e. The summed E-state index contributed by atoms with van der Waals surface area (Å²) in [5.74, 6) is -0.776. The van der Waals surface area contributed by atoms with Gasteiger partial charge in [0.05, 0.1) is 11.3 Å². The van der Waals surface area contributed by atoms with Crippen LogP contribution >= 0.6 is 15.9 Å². The fourth-order valence-electron chi connectivity index (χ4n) is 1.57. The highest BCUT2D eigenvalue weighted by Crippen LogP contribution is 2.24. The molecule has 0 atom stereocenters. The molecule has 0 unspecified atom stereocenters. The summed E-state index contributed by atoms with van der Waals surface area (Å²) in [6, 6.07) is 8.62. The summed E-state index contributed by atoms with van der Waals surface area (Å²) in [5, 5.41) is 2.64. The number of benzene rings is 2. The third-order valence-corrected chi connectivity index (χ3v) is 3.16. The summed E-state index contributed by atoms with van der Waals surface area (Å²) < 4.78 is 13.4. The summed E-state index contributed by atoms with van der Waals surface area (Å²) in [5.41, 5.74) is 12.8. The number of nitrogen functional groups attached to an aromatic ring is 2. The first-order valence-electron chi connectivity index (χ1n) is 5.39. The van der Waals surface area contributed by atoms with Crippen LogP contribution in [0, 0.1) is 5.82 Å². The van der Waals surface area contributed by atoms with Crippen LogP contribution in [0.25, 0.3) is 0 Å². The zero-order chi connectivity index (χ0) is 14.0. The van der Waals surface area contributed by atoms with Crippen LogP contribution in [0.2, 0.25) is 0 Å². The standard InChI is InChI=1S/C13H11BrFN3O/c14-10-5-7(15)1-4-12(10)18-13(19)9-3-2-8(16)6-11(9)17/h1-6H,16-17H2,(H,18,19). The highest BCUT2D eigenvalue weighted by atomic mass is 79.9. The van der Waals surface area contributed by atoms with E-state index in [4.69, 9.17) is 11.5 Å². The number of hydrogen-bond donors (Lipinski definition) is 3. The molecule has 19 heavy (non-hydrogen) atoms. The summed E-state index contributed by atoms with van der Waals surface area (Å²) in [7, 11) is 0. The van der Waals surface area contributed by atoms with Crippen molar-refractivity contribution in [1.82, 2.24) is 0 Å². The van der Waals surface area contributed by atoms with Gasteiger partial charge >= 0.3 is 0 Å². The van der Waals surface area contributed by atoms with Crippen LogP contribution in [0.5, 0.6) is 0 Å². The Balaban J connectivity index is 2.25. The SMILES string of the molecule is Nc1ccc(C(=O)Nc2ccc(F)cc2Br)c(N)c1. The summed E-state index contributed by atoms with van der Waals surface area (Å²) >= 11 is 3.17. The van der Waals surface area contributed by atoms with Crippen molar-refractivity contribution < 1.29 is 9.18 Å². The first-order valence-corrected chi connectivity index (χ1v) is 6.18. The Morgan fingerprint density at radius 3 is 2.53 bits per heavy atom. The second kappa shape index (κ2) is 5.27. The van der Waals surface area contributed by atoms with Crippen LogP contribution in [0.4, 0.5) is 21.5 Å². The predicted octanol–water partition coefficient (Wildman–Crippen LogP) is 3.00. The van der Waals surface area contributed by atoms with E-state index in [1.54, 1.807) is 6.07 Å². The molecule has 0 saturated carbocycles. The number of hydrogen-bond acceptors (Lipinski definition) is 3. The third-order valence-electron chi connectivity index (χ3n) is 2.50. The Labute approximate surface area is 117 Å². The normalized spacial score (nSPS) is 10.2. The van der Waals surface area contributed by atoms with Gasteiger partial charge in [-0.1, -0.05) is 0 Å². The molecule has 2 rings (SSSR count). The molecule has 0 heterocycles. The second-order valence-corrected chi connectivity index (χ2v) is 4.78. The fourth-order valence-corrected chi connectivity index (χ4v) is 2.02. The molecule has 0 aromatic heterocycles. The summed E-state index contributed by atoms with van der Waals surface area (Å²) in [4.78, 5) is 12.0. The molecular weight excluding hydrogens is 313 g/mol. The first-order chi connectivity index (χ1) is 8.97. The van der Waals surface area contributed by atoms with Gasteiger partial charge in [-0.3, -0.25) is 4.79 Å². The van der Waals surface area contributed by atoms with Crippen molar-refractivity contribution in [2.75, 3.05) is 16.8 Å². The van der Waals surface area contributed by atoms with Crippen molar-refractivity contribution in [2.24, 2.45) is 0 Å². The van der Waals surface area contributed by atoms with Crippen LogP contribution in [-0.4, -0.2) is 5.91 Å². The van der Waals surface area contributed by atoms with Crippen molar-refractivity contribution in [3.63, 3.8) is 0 Å². The van der Waals surface area contributed by atoms with Crippen molar-refractivity contribution in [1.29, 1.82) is 0 Å². The second-order valence-electron chi connectivity index (χ2n) is 3.92. The molecule has 0 bridgehead atoms. The largest absolute Gasteiger partial charge is 0.399 e. The van der Waals surface area contributed by atoms with Gasteiger partial charge in [0.2, 0.25) is 0 Å². The van der Waals surface area contributed by atoms with Gasteiger partial charge in [-0.2, -0.15) is 0 Å². The Hall–Kier alpha value is -2.08. The van der Waals surface area contributed by atoms with Gasteiger partial charge in [-0.25, -0.2) is 4.39 Å². The molecule has 4 nitrogen and oxygen atoms in total. The Morgan fingerprint density at radius 1 is 1.16 bits per heavy atom. The Kier molecular flexibility index (Phi) is 3.71. The van der Waals surface area contributed by atoms with E-state index >= 15 is 0 Å². The number of anilines is 3. The quantitative estimate of drug-likeness (QED) is 0.743. The number of carbonyl (C=O) groups excluding carboxylic acids is 1. The molecule has 0 aliphatic carbocycles. The van der Waals surface area contributed by atoms with Gasteiger partial charge in [0, 0.05) is 15.8 Å². The first kappa shape index (κ1) is 13.4. The third kappa shape index (κ3) is 3.03. The lowest BCUT2D eigenvalue weighted by molar-refractivity contribution is 0.102. The molecular formula is C13H11BrFN3O. The zero-order valence-electron chi connectivity index (χ0n) is 9.78. The molecule has 5 N–H and O–H groups in total. The van der Waals surface area contributed by atoms with Crippen LogP contribution in [0.15, 0.2) is 40.9 Å². The molecule has 1 amide bonds. The number of rotatable bonds is 2. The van der Waals surface area contributed by atoms with Gasteiger partial charge in [0.1, 0.15) is 5.82 Å². The lowest BCUT2D eigenvalue weighted by atomic mass is 10.1. The van der Waals surface area contributed by atoms with Gasteiger partial charge < -0.3 is 16.8 Å². The molecule has 98 valence electrons. The van der Waals surface area contributed by atoms with Gasteiger partial charge in [0.25, 0.3) is 5.91 Å². The number of amides is 1. The lowest BCUT2D eigenvalue weighted by Gasteiger charge is -2.09. The number of carbonyl (C=O) groups is 1. The van der Waals surface area contributed by atoms with Crippen molar-refractivity contribution in [2.45, 2.75) is 0 Å². The van der Waals surface area contributed by atoms with Crippen LogP contribution in [0.3, 0.4) is 0 Å². The molecule has 0 spiro atoms. The van der Waals surface area contributed by atoms with E-state index in [1.165, 1.54) is 30.3 Å². The minimum absolute atomic E-state index is 0.288. The summed E-state index contributed by atoms with van der Waals surface area (Å²) in [6.45, 7) is 0. The number of halogens is 2. The molecule has 2 aromatic rings. The highest BCUT2D eigenvalue weighted by Gasteiger charge is 2.11. The fraction of sp³-hybridized carbons (Fsp3) is 0. The zero-order valence-corrected chi connectivity index (χ0v) is 11.4. The van der Waals surface area contributed by atoms with Gasteiger partial charge in [-0.05, 0) is 52.3 Å². The average Bonchev–Trinajstić information content (AvgIpc) is 2.32. The topological polar surface area (TPSA) is 81.1 Å². The molecule has 0 saturated heterocycles. The maximum Gasteiger partial charge on any atom is 0.257 e. The monoisotopic (exact) mass is 323 g/mol. The van der Waals surface area contributed by atoms with E-state index in [1.807, 2.05) is 0 Å². The van der Waals surface area contributed by atoms with Crippen LogP contribution in [0.1, 0.15) is 10.4 Å². The van der Waals surface area contributed by atoms with Gasteiger partial charge in [-0.15, -0.1) is 0 Å². The van der Waals surface area contributed by atoms with Crippen LogP contribution in [-0.2, 0) is 0 Å². The average molecular weight is 324 g/mol. The molecule has 0 aliphatic rings. The number of nitrogens with two attached hydrogens (primary N) is 2. The van der Waals surface area contributed by atoms with E-state index in [9.17, 15) is 9.18 Å². The van der Waals surface area contributed by atoms with E-state index in [0.717, 1.165) is 0 Å². The van der Waals surface area contributed by atoms with Crippen molar-refractivity contribution in [3.8, 4) is 0 Å². The minimum atomic E-state index is -0.392. The Bertz CT molecular complexity index is 646.